The Morgan fingerprint density at radius 3 is 2.75 bits per heavy atom. The molecule has 0 bridgehead atoms. The number of nitrogens with zero attached hydrogens (tertiary/aromatic N) is 3. The number of hydrogen-bond donors (Lipinski definition) is 1. The molecule has 1 saturated heterocycles. The lowest BCUT2D eigenvalue weighted by atomic mass is 9.93. The molecule has 1 aliphatic heterocycles. The largest absolute Gasteiger partial charge is 0.352 e. The quantitative estimate of drug-likeness (QED) is 0.918. The van der Waals surface area contributed by atoms with Crippen molar-refractivity contribution in [2.24, 2.45) is 13.0 Å². The molecule has 1 N–H and O–H groups in total. The molecule has 2 heterocycles. The molecule has 5 heteroatoms. The Morgan fingerprint density at radius 2 is 2.04 bits per heavy atom. The third-order valence-corrected chi connectivity index (χ3v) is 4.77. The average Bonchev–Trinajstić information content (AvgIpc) is 3.02. The Kier molecular flexibility index (Phi) is 5.30. The van der Waals surface area contributed by atoms with Gasteiger partial charge in [-0.15, -0.1) is 0 Å². The van der Waals surface area contributed by atoms with Gasteiger partial charge in [-0.3, -0.25) is 9.48 Å². The van der Waals surface area contributed by atoms with Crippen LogP contribution in [0.25, 0.3) is 11.1 Å². The lowest BCUT2D eigenvalue weighted by Gasteiger charge is -2.28. The number of aromatic nitrogens is 2. The third kappa shape index (κ3) is 4.45. The normalized spacial score (nSPS) is 16.2. The molecule has 0 atom stereocenters. The zero-order valence-corrected chi connectivity index (χ0v) is 14.5. The first-order chi connectivity index (χ1) is 11.6. The molecule has 3 rings (SSSR count). The van der Waals surface area contributed by atoms with E-state index in [1.165, 1.54) is 0 Å². The molecular formula is C19H26N4O. The van der Waals surface area contributed by atoms with Crippen molar-refractivity contribution in [2.75, 3.05) is 20.1 Å². The Bertz CT molecular complexity index is 686. The van der Waals surface area contributed by atoms with Crippen molar-refractivity contribution in [3.63, 3.8) is 0 Å². The van der Waals surface area contributed by atoms with Crippen molar-refractivity contribution in [1.29, 1.82) is 0 Å². The topological polar surface area (TPSA) is 50.2 Å². The van der Waals surface area contributed by atoms with Crippen LogP contribution in [-0.2, 0) is 18.4 Å². The van der Waals surface area contributed by atoms with Gasteiger partial charge in [0.05, 0.1) is 6.20 Å². The van der Waals surface area contributed by atoms with E-state index < -0.39 is 0 Å². The van der Waals surface area contributed by atoms with E-state index in [2.05, 4.69) is 40.6 Å². The average molecular weight is 326 g/mol. The van der Waals surface area contributed by atoms with Crippen molar-refractivity contribution >= 4 is 5.91 Å². The zero-order chi connectivity index (χ0) is 16.9. The fourth-order valence-corrected chi connectivity index (χ4v) is 3.23. The van der Waals surface area contributed by atoms with E-state index >= 15 is 0 Å². The molecule has 0 aliphatic carbocycles. The third-order valence-electron chi connectivity index (χ3n) is 4.77. The van der Waals surface area contributed by atoms with Gasteiger partial charge in [-0.05, 0) is 56.1 Å². The number of hydrogen-bond acceptors (Lipinski definition) is 3. The van der Waals surface area contributed by atoms with Crippen LogP contribution < -0.4 is 5.32 Å². The van der Waals surface area contributed by atoms with Gasteiger partial charge >= 0.3 is 0 Å². The van der Waals surface area contributed by atoms with Crippen LogP contribution in [0.3, 0.4) is 0 Å². The first-order valence-corrected chi connectivity index (χ1v) is 8.63. The van der Waals surface area contributed by atoms with E-state index in [1.807, 2.05) is 25.5 Å². The first kappa shape index (κ1) is 16.7. The van der Waals surface area contributed by atoms with Crippen LogP contribution in [0, 0.1) is 5.92 Å². The summed E-state index contributed by atoms with van der Waals surface area (Å²) in [6, 6.07) is 8.27. The van der Waals surface area contributed by atoms with E-state index in [0.29, 0.717) is 18.9 Å². The summed E-state index contributed by atoms with van der Waals surface area (Å²) in [5.41, 5.74) is 3.34. The second-order valence-corrected chi connectivity index (χ2v) is 6.83. The monoisotopic (exact) mass is 326 g/mol. The van der Waals surface area contributed by atoms with Gasteiger partial charge in [0.1, 0.15) is 0 Å². The number of aryl methyl sites for hydroxylation is 1. The highest BCUT2D eigenvalue weighted by atomic mass is 16.1. The summed E-state index contributed by atoms with van der Waals surface area (Å²) in [6.45, 7) is 2.79. The van der Waals surface area contributed by atoms with Crippen LogP contribution in [0.1, 0.15) is 24.8 Å². The Morgan fingerprint density at radius 1 is 1.25 bits per heavy atom. The summed E-state index contributed by atoms with van der Waals surface area (Å²) in [4.78, 5) is 14.5. The van der Waals surface area contributed by atoms with Gasteiger partial charge in [0, 0.05) is 31.8 Å². The fraction of sp³-hybridized carbons (Fsp3) is 0.474. The standard InChI is InChI=1S/C19H26N4O/c1-22-8-6-15(7-9-22)11-19(24)20-12-16-4-3-5-17(10-16)18-13-21-23(2)14-18/h3-5,10,13-15H,6-9,11-12H2,1-2H3,(H,20,24). The molecule has 1 aliphatic rings. The van der Waals surface area contributed by atoms with Crippen LogP contribution in [0.5, 0.6) is 0 Å². The number of amides is 1. The highest BCUT2D eigenvalue weighted by molar-refractivity contribution is 5.76. The summed E-state index contributed by atoms with van der Waals surface area (Å²) >= 11 is 0. The molecular weight excluding hydrogens is 300 g/mol. The number of carbonyl (C=O) groups is 1. The van der Waals surface area contributed by atoms with E-state index in [0.717, 1.165) is 42.6 Å². The number of carbonyl (C=O) groups excluding carboxylic acids is 1. The predicted molar refractivity (Wildman–Crippen MR) is 95.3 cm³/mol. The Balaban J connectivity index is 1.52. The minimum absolute atomic E-state index is 0.163. The van der Waals surface area contributed by atoms with Crippen molar-refractivity contribution < 1.29 is 4.79 Å². The summed E-state index contributed by atoms with van der Waals surface area (Å²) in [5.74, 6) is 0.694. The van der Waals surface area contributed by atoms with Crippen LogP contribution in [-0.4, -0.2) is 40.7 Å². The maximum absolute atomic E-state index is 12.2. The highest BCUT2D eigenvalue weighted by Gasteiger charge is 2.19. The lowest BCUT2D eigenvalue weighted by molar-refractivity contribution is -0.122. The Labute approximate surface area is 143 Å². The molecule has 1 aromatic heterocycles. The zero-order valence-electron chi connectivity index (χ0n) is 14.5. The van der Waals surface area contributed by atoms with E-state index in [4.69, 9.17) is 0 Å². The highest BCUT2D eigenvalue weighted by Crippen LogP contribution is 2.21. The Hall–Kier alpha value is -2.14. The van der Waals surface area contributed by atoms with Gasteiger partial charge in [0.25, 0.3) is 0 Å². The van der Waals surface area contributed by atoms with Gasteiger partial charge in [-0.25, -0.2) is 0 Å². The van der Waals surface area contributed by atoms with Gasteiger partial charge < -0.3 is 10.2 Å². The number of nitrogens with one attached hydrogen (secondary N) is 1. The molecule has 2 aromatic rings. The van der Waals surface area contributed by atoms with Gasteiger partial charge in [0.2, 0.25) is 5.91 Å². The lowest BCUT2D eigenvalue weighted by Crippen LogP contribution is -2.33. The van der Waals surface area contributed by atoms with Gasteiger partial charge in [-0.1, -0.05) is 18.2 Å². The van der Waals surface area contributed by atoms with Crippen molar-refractivity contribution in [1.82, 2.24) is 20.0 Å². The van der Waals surface area contributed by atoms with E-state index in [-0.39, 0.29) is 5.91 Å². The number of rotatable bonds is 5. The number of piperidine rings is 1. The smallest absolute Gasteiger partial charge is 0.220 e. The molecule has 0 radical (unpaired) electrons. The van der Waals surface area contributed by atoms with Crippen molar-refractivity contribution in [3.05, 3.63) is 42.2 Å². The van der Waals surface area contributed by atoms with Crippen LogP contribution >= 0.6 is 0 Å². The molecule has 24 heavy (non-hydrogen) atoms. The second-order valence-electron chi connectivity index (χ2n) is 6.83. The summed E-state index contributed by atoms with van der Waals surface area (Å²) in [6.07, 6.45) is 6.76. The maximum Gasteiger partial charge on any atom is 0.220 e. The molecule has 0 unspecified atom stereocenters. The molecule has 128 valence electrons. The van der Waals surface area contributed by atoms with Crippen molar-refractivity contribution in [3.8, 4) is 11.1 Å². The molecule has 0 saturated carbocycles. The fourth-order valence-electron chi connectivity index (χ4n) is 3.23. The van der Waals surface area contributed by atoms with Crippen molar-refractivity contribution in [2.45, 2.75) is 25.8 Å². The number of benzene rings is 1. The minimum Gasteiger partial charge on any atom is -0.352 e. The van der Waals surface area contributed by atoms with E-state index in [9.17, 15) is 4.79 Å². The molecule has 1 aromatic carbocycles. The summed E-state index contributed by atoms with van der Waals surface area (Å²) in [5, 5.41) is 7.28. The van der Waals surface area contributed by atoms with Crippen LogP contribution in [0.15, 0.2) is 36.7 Å². The van der Waals surface area contributed by atoms with Crippen LogP contribution in [0.2, 0.25) is 0 Å². The maximum atomic E-state index is 12.2. The van der Waals surface area contributed by atoms with Gasteiger partial charge in [0.15, 0.2) is 0 Å². The summed E-state index contributed by atoms with van der Waals surface area (Å²) in [7, 11) is 4.06. The molecule has 5 nitrogen and oxygen atoms in total. The molecule has 1 fully saturated rings. The second kappa shape index (κ2) is 7.62. The van der Waals surface area contributed by atoms with Gasteiger partial charge in [-0.2, -0.15) is 5.10 Å². The number of likely N-dealkylation sites (tertiary alicyclic amines) is 1. The predicted octanol–water partition coefficient (Wildman–Crippen LogP) is 2.44. The summed E-state index contributed by atoms with van der Waals surface area (Å²) < 4.78 is 1.80. The van der Waals surface area contributed by atoms with Crippen LogP contribution in [0.4, 0.5) is 0 Å². The first-order valence-electron chi connectivity index (χ1n) is 8.63. The SMILES string of the molecule is CN1CCC(CC(=O)NCc2cccc(-c3cnn(C)c3)c2)CC1. The minimum atomic E-state index is 0.163. The molecule has 0 spiro atoms. The molecule has 1 amide bonds. The van der Waals surface area contributed by atoms with E-state index in [1.54, 1.807) is 4.68 Å².